The first kappa shape index (κ1) is 22.3. The van der Waals surface area contributed by atoms with E-state index in [4.69, 9.17) is 0 Å². The maximum absolute atomic E-state index is 13.8. The Labute approximate surface area is 171 Å². The summed E-state index contributed by atoms with van der Waals surface area (Å²) in [4.78, 5) is 18.6. The number of esters is 1. The zero-order valence-corrected chi connectivity index (χ0v) is 16.4. The van der Waals surface area contributed by atoms with Crippen LogP contribution in [0.15, 0.2) is 30.5 Å². The van der Waals surface area contributed by atoms with Gasteiger partial charge in [-0.1, -0.05) is 29.5 Å². The summed E-state index contributed by atoms with van der Waals surface area (Å²) >= 11 is 1.04. The van der Waals surface area contributed by atoms with Gasteiger partial charge in [-0.3, -0.25) is 4.90 Å². The van der Waals surface area contributed by atoms with Crippen molar-refractivity contribution in [1.29, 1.82) is 0 Å². The van der Waals surface area contributed by atoms with Gasteiger partial charge < -0.3 is 9.64 Å². The van der Waals surface area contributed by atoms with Gasteiger partial charge in [0.1, 0.15) is 10.9 Å². The first-order valence-electron chi connectivity index (χ1n) is 8.78. The quantitative estimate of drug-likeness (QED) is 0.508. The molecule has 1 fully saturated rings. The van der Waals surface area contributed by atoms with Gasteiger partial charge in [0, 0.05) is 26.2 Å². The van der Waals surface area contributed by atoms with Crippen LogP contribution in [0.3, 0.4) is 0 Å². The van der Waals surface area contributed by atoms with Crippen LogP contribution in [-0.4, -0.2) is 55.3 Å². The van der Waals surface area contributed by atoms with Crippen molar-refractivity contribution in [3.05, 3.63) is 46.5 Å². The highest BCUT2D eigenvalue weighted by atomic mass is 32.1. The molecule has 0 spiro atoms. The van der Waals surface area contributed by atoms with Crippen LogP contribution < -0.4 is 4.90 Å². The van der Waals surface area contributed by atoms with Crippen molar-refractivity contribution in [2.24, 2.45) is 0 Å². The Bertz CT molecular complexity index is 891. The van der Waals surface area contributed by atoms with Crippen LogP contribution in [0.1, 0.15) is 26.8 Å². The van der Waals surface area contributed by atoms with Crippen LogP contribution in [0, 0.1) is 0 Å². The summed E-state index contributed by atoms with van der Waals surface area (Å²) in [7, 11) is 1.22. The minimum absolute atomic E-state index is 0.120. The number of methoxy groups -OCH3 is 1. The van der Waals surface area contributed by atoms with E-state index >= 15 is 0 Å². The molecule has 0 bridgehead atoms. The van der Waals surface area contributed by atoms with Gasteiger partial charge in [-0.05, 0) is 11.6 Å². The van der Waals surface area contributed by atoms with Crippen molar-refractivity contribution in [3.8, 4) is 0 Å². The third-order valence-electron chi connectivity index (χ3n) is 4.70. The molecule has 2 aromatic rings. The lowest BCUT2D eigenvalue weighted by Gasteiger charge is -2.40. The molecule has 164 valence electrons. The fraction of sp³-hybridized carbons (Fsp3) is 0.444. The molecule has 1 saturated heterocycles. The molecule has 0 amide bonds. The highest BCUT2D eigenvalue weighted by Gasteiger charge is 2.49. The van der Waals surface area contributed by atoms with Crippen LogP contribution in [-0.2, 0) is 10.9 Å². The van der Waals surface area contributed by atoms with Gasteiger partial charge >= 0.3 is 18.3 Å². The fourth-order valence-corrected chi connectivity index (χ4v) is 4.24. The standard InChI is InChI=1S/C18H17F6N3O2S/c1-29-15(28)13-10-25-16(30-13)27-8-6-26(7-9-27)14(18(22,23)24)11-4-2-3-5-12(11)17(19,20)21/h2-5,10,14H,6-9H2,1H3. The molecule has 0 aliphatic carbocycles. The molecule has 1 aliphatic heterocycles. The summed E-state index contributed by atoms with van der Waals surface area (Å²) in [5.41, 5.74) is -2.11. The van der Waals surface area contributed by atoms with Gasteiger partial charge in [-0.15, -0.1) is 0 Å². The maximum atomic E-state index is 13.8. The second-order valence-electron chi connectivity index (χ2n) is 6.55. The zero-order chi connectivity index (χ0) is 22.1. The molecule has 2 heterocycles. The fourth-order valence-electron chi connectivity index (χ4n) is 3.35. The van der Waals surface area contributed by atoms with E-state index in [9.17, 15) is 31.1 Å². The van der Waals surface area contributed by atoms with Crippen molar-refractivity contribution >= 4 is 22.4 Å². The molecule has 0 N–H and O–H groups in total. The summed E-state index contributed by atoms with van der Waals surface area (Å²) in [5.74, 6) is -0.571. The molecular formula is C18H17F6N3O2S. The normalized spacial score (nSPS) is 17.1. The topological polar surface area (TPSA) is 45.7 Å². The van der Waals surface area contributed by atoms with Crippen LogP contribution >= 0.6 is 11.3 Å². The molecule has 5 nitrogen and oxygen atoms in total. The van der Waals surface area contributed by atoms with Crippen LogP contribution in [0.2, 0.25) is 0 Å². The number of piperazine rings is 1. The van der Waals surface area contributed by atoms with Crippen molar-refractivity contribution in [3.63, 3.8) is 0 Å². The third kappa shape index (κ3) is 4.69. The van der Waals surface area contributed by atoms with E-state index in [0.29, 0.717) is 11.2 Å². The number of nitrogens with zero attached hydrogens (tertiary/aromatic N) is 3. The number of hydrogen-bond donors (Lipinski definition) is 0. The number of alkyl halides is 6. The SMILES string of the molecule is COC(=O)c1cnc(N2CCN(C(c3ccccc3C(F)(F)F)C(F)(F)F)CC2)s1. The summed E-state index contributed by atoms with van der Waals surface area (Å²) in [6.07, 6.45) is -8.47. The predicted molar refractivity (Wildman–Crippen MR) is 97.5 cm³/mol. The molecule has 3 rings (SSSR count). The smallest absolute Gasteiger partial charge is 0.416 e. The van der Waals surface area contributed by atoms with Gasteiger partial charge in [0.15, 0.2) is 5.13 Å². The van der Waals surface area contributed by atoms with Gasteiger partial charge in [0.05, 0.1) is 18.9 Å². The average molecular weight is 453 g/mol. The third-order valence-corrected chi connectivity index (χ3v) is 5.74. The van der Waals surface area contributed by atoms with Gasteiger partial charge in [-0.2, -0.15) is 26.3 Å². The number of benzene rings is 1. The lowest BCUT2D eigenvalue weighted by atomic mass is 9.97. The molecule has 0 radical (unpaired) electrons. The molecule has 12 heteroatoms. The lowest BCUT2D eigenvalue weighted by molar-refractivity contribution is -0.190. The van der Waals surface area contributed by atoms with E-state index < -0.39 is 35.5 Å². The Balaban J connectivity index is 1.81. The first-order valence-corrected chi connectivity index (χ1v) is 9.60. The number of carbonyl (C=O) groups is 1. The number of carbonyl (C=O) groups excluding carboxylic acids is 1. The van der Waals surface area contributed by atoms with Crippen molar-refractivity contribution in [2.45, 2.75) is 18.4 Å². The van der Waals surface area contributed by atoms with Crippen molar-refractivity contribution in [2.75, 3.05) is 38.2 Å². The van der Waals surface area contributed by atoms with Crippen LogP contribution in [0.25, 0.3) is 0 Å². The van der Waals surface area contributed by atoms with E-state index in [-0.39, 0.29) is 31.1 Å². The predicted octanol–water partition coefficient (Wildman–Crippen LogP) is 4.37. The maximum Gasteiger partial charge on any atom is 0.416 e. The monoisotopic (exact) mass is 453 g/mol. The number of anilines is 1. The molecular weight excluding hydrogens is 436 g/mol. The van der Waals surface area contributed by atoms with Gasteiger partial charge in [0.2, 0.25) is 0 Å². The number of rotatable bonds is 4. The Morgan fingerprint density at radius 1 is 1.10 bits per heavy atom. The molecule has 1 aromatic heterocycles. The summed E-state index contributed by atoms with van der Waals surface area (Å²) in [6.45, 7) is -0.00318. The van der Waals surface area contributed by atoms with E-state index in [1.807, 2.05) is 0 Å². The van der Waals surface area contributed by atoms with Crippen molar-refractivity contribution < 1.29 is 35.9 Å². The molecule has 0 saturated carbocycles. The Hall–Kier alpha value is -2.34. The Morgan fingerprint density at radius 2 is 1.73 bits per heavy atom. The number of ether oxygens (including phenoxy) is 1. The molecule has 1 atom stereocenters. The van der Waals surface area contributed by atoms with Gasteiger partial charge in [-0.25, -0.2) is 9.78 Å². The number of thiazole rings is 1. The number of aromatic nitrogens is 1. The van der Waals surface area contributed by atoms with Crippen molar-refractivity contribution in [1.82, 2.24) is 9.88 Å². The average Bonchev–Trinajstić information content (AvgIpc) is 3.17. The highest BCUT2D eigenvalue weighted by molar-refractivity contribution is 7.17. The first-order chi connectivity index (χ1) is 14.0. The second kappa shape index (κ2) is 8.42. The molecule has 1 aliphatic rings. The van der Waals surface area contributed by atoms with Crippen LogP contribution in [0.4, 0.5) is 31.5 Å². The van der Waals surface area contributed by atoms with Gasteiger partial charge in [0.25, 0.3) is 0 Å². The van der Waals surface area contributed by atoms with E-state index in [1.54, 1.807) is 4.90 Å². The van der Waals surface area contributed by atoms with E-state index in [2.05, 4.69) is 9.72 Å². The molecule has 1 aromatic carbocycles. The largest absolute Gasteiger partial charge is 0.465 e. The number of hydrogen-bond acceptors (Lipinski definition) is 6. The summed E-state index contributed by atoms with van der Waals surface area (Å²) in [5, 5.41) is 0.439. The summed E-state index contributed by atoms with van der Waals surface area (Å²) < 4.78 is 86.0. The summed E-state index contributed by atoms with van der Waals surface area (Å²) in [6, 6.07) is 1.40. The molecule has 30 heavy (non-hydrogen) atoms. The lowest BCUT2D eigenvalue weighted by Crippen LogP contribution is -2.51. The number of halogens is 6. The Kier molecular flexibility index (Phi) is 6.27. The minimum Gasteiger partial charge on any atom is -0.465 e. The Morgan fingerprint density at radius 3 is 2.30 bits per heavy atom. The zero-order valence-electron chi connectivity index (χ0n) is 15.6. The highest BCUT2D eigenvalue weighted by Crippen LogP contribution is 2.43. The van der Waals surface area contributed by atoms with Crippen LogP contribution in [0.5, 0.6) is 0 Å². The minimum atomic E-state index is -4.90. The van der Waals surface area contributed by atoms with E-state index in [1.165, 1.54) is 19.4 Å². The molecule has 1 unspecified atom stereocenters. The van der Waals surface area contributed by atoms with E-state index in [0.717, 1.165) is 28.4 Å². The second-order valence-corrected chi connectivity index (χ2v) is 7.56.